The SMILES string of the molecule is CC(CCCC(=O)O)NC(=O)C1CCOc2ccccc21. The first-order valence-corrected chi connectivity index (χ1v) is 7.32. The first-order chi connectivity index (χ1) is 10.1. The highest BCUT2D eigenvalue weighted by Gasteiger charge is 2.27. The monoisotopic (exact) mass is 291 g/mol. The van der Waals surface area contributed by atoms with Gasteiger partial charge >= 0.3 is 5.97 Å². The van der Waals surface area contributed by atoms with Gasteiger partial charge in [-0.1, -0.05) is 18.2 Å². The van der Waals surface area contributed by atoms with E-state index in [0.29, 0.717) is 25.9 Å². The van der Waals surface area contributed by atoms with Crippen molar-refractivity contribution in [1.82, 2.24) is 5.32 Å². The lowest BCUT2D eigenvalue weighted by Crippen LogP contribution is -2.38. The molecule has 2 unspecified atom stereocenters. The van der Waals surface area contributed by atoms with E-state index in [1.165, 1.54) is 0 Å². The van der Waals surface area contributed by atoms with Crippen LogP contribution in [0.15, 0.2) is 24.3 Å². The summed E-state index contributed by atoms with van der Waals surface area (Å²) in [5.74, 6) is -0.209. The van der Waals surface area contributed by atoms with Crippen molar-refractivity contribution in [2.24, 2.45) is 0 Å². The highest BCUT2D eigenvalue weighted by atomic mass is 16.5. The zero-order valence-corrected chi connectivity index (χ0v) is 12.2. The van der Waals surface area contributed by atoms with Crippen molar-refractivity contribution in [2.45, 2.75) is 44.6 Å². The maximum atomic E-state index is 12.4. The second kappa shape index (κ2) is 7.11. The molecule has 1 amide bonds. The molecule has 1 aliphatic rings. The predicted molar refractivity (Wildman–Crippen MR) is 78.4 cm³/mol. The van der Waals surface area contributed by atoms with Gasteiger partial charge in [0.25, 0.3) is 0 Å². The molecule has 114 valence electrons. The number of carboxylic acids is 1. The lowest BCUT2D eigenvalue weighted by molar-refractivity contribution is -0.137. The van der Waals surface area contributed by atoms with Crippen LogP contribution in [0, 0.1) is 0 Å². The van der Waals surface area contributed by atoms with E-state index in [-0.39, 0.29) is 24.3 Å². The van der Waals surface area contributed by atoms with Crippen LogP contribution in [0.4, 0.5) is 0 Å². The standard InChI is InChI=1S/C16H21NO4/c1-11(5-4-8-15(18)19)17-16(20)13-9-10-21-14-7-3-2-6-12(13)14/h2-3,6-7,11,13H,4-5,8-10H2,1H3,(H,17,20)(H,18,19). The van der Waals surface area contributed by atoms with E-state index in [0.717, 1.165) is 11.3 Å². The van der Waals surface area contributed by atoms with E-state index in [2.05, 4.69) is 5.32 Å². The van der Waals surface area contributed by atoms with Gasteiger partial charge in [0.05, 0.1) is 12.5 Å². The summed E-state index contributed by atoms with van der Waals surface area (Å²) in [7, 11) is 0. The van der Waals surface area contributed by atoms with E-state index >= 15 is 0 Å². The van der Waals surface area contributed by atoms with Gasteiger partial charge in [-0.2, -0.15) is 0 Å². The molecular weight excluding hydrogens is 270 g/mol. The van der Waals surface area contributed by atoms with Crippen molar-refractivity contribution in [1.29, 1.82) is 0 Å². The molecule has 1 heterocycles. The highest BCUT2D eigenvalue weighted by molar-refractivity contribution is 5.85. The van der Waals surface area contributed by atoms with Crippen LogP contribution in [0.5, 0.6) is 5.75 Å². The molecule has 1 aromatic carbocycles. The smallest absolute Gasteiger partial charge is 0.303 e. The largest absolute Gasteiger partial charge is 0.493 e. The quantitative estimate of drug-likeness (QED) is 0.843. The van der Waals surface area contributed by atoms with Crippen LogP contribution in [-0.2, 0) is 9.59 Å². The predicted octanol–water partition coefficient (Wildman–Crippen LogP) is 2.31. The molecule has 2 atom stereocenters. The van der Waals surface area contributed by atoms with Crippen molar-refractivity contribution >= 4 is 11.9 Å². The number of hydrogen-bond donors (Lipinski definition) is 2. The average Bonchev–Trinajstić information content (AvgIpc) is 2.46. The summed E-state index contributed by atoms with van der Waals surface area (Å²) in [4.78, 5) is 22.9. The summed E-state index contributed by atoms with van der Waals surface area (Å²) >= 11 is 0. The van der Waals surface area contributed by atoms with Gasteiger partial charge < -0.3 is 15.2 Å². The minimum atomic E-state index is -0.799. The van der Waals surface area contributed by atoms with Gasteiger partial charge in [0, 0.05) is 18.0 Å². The van der Waals surface area contributed by atoms with E-state index in [4.69, 9.17) is 9.84 Å². The molecule has 0 saturated carbocycles. The fourth-order valence-corrected chi connectivity index (χ4v) is 2.59. The first-order valence-electron chi connectivity index (χ1n) is 7.32. The molecule has 0 aromatic heterocycles. The van der Waals surface area contributed by atoms with Crippen LogP contribution in [0.2, 0.25) is 0 Å². The second-order valence-electron chi connectivity index (χ2n) is 5.42. The molecule has 21 heavy (non-hydrogen) atoms. The molecule has 0 spiro atoms. The van der Waals surface area contributed by atoms with Gasteiger partial charge in [0.2, 0.25) is 5.91 Å². The molecule has 0 bridgehead atoms. The highest BCUT2D eigenvalue weighted by Crippen LogP contribution is 2.33. The molecule has 2 N–H and O–H groups in total. The maximum absolute atomic E-state index is 12.4. The number of hydrogen-bond acceptors (Lipinski definition) is 3. The number of benzene rings is 1. The number of carbonyl (C=O) groups is 2. The fourth-order valence-electron chi connectivity index (χ4n) is 2.59. The lowest BCUT2D eigenvalue weighted by Gasteiger charge is -2.26. The molecule has 1 aliphatic heterocycles. The molecule has 5 heteroatoms. The fraction of sp³-hybridized carbons (Fsp3) is 0.500. The summed E-state index contributed by atoms with van der Waals surface area (Å²) in [6.45, 7) is 2.45. The summed E-state index contributed by atoms with van der Waals surface area (Å²) in [6, 6.07) is 7.59. The second-order valence-corrected chi connectivity index (χ2v) is 5.42. The van der Waals surface area contributed by atoms with Crippen LogP contribution in [0.1, 0.15) is 44.1 Å². The third kappa shape index (κ3) is 4.21. The molecule has 0 fully saturated rings. The number of amides is 1. The number of carboxylic acid groups (broad SMARTS) is 1. The average molecular weight is 291 g/mol. The first kappa shape index (κ1) is 15.4. The van der Waals surface area contributed by atoms with Crippen molar-refractivity contribution in [2.75, 3.05) is 6.61 Å². The third-order valence-electron chi connectivity index (χ3n) is 3.69. The lowest BCUT2D eigenvalue weighted by atomic mass is 9.92. The minimum Gasteiger partial charge on any atom is -0.493 e. The van der Waals surface area contributed by atoms with Crippen LogP contribution in [-0.4, -0.2) is 29.6 Å². The van der Waals surface area contributed by atoms with Crippen molar-refractivity contribution in [3.63, 3.8) is 0 Å². The van der Waals surface area contributed by atoms with Gasteiger partial charge in [-0.15, -0.1) is 0 Å². The van der Waals surface area contributed by atoms with E-state index < -0.39 is 5.97 Å². The van der Waals surface area contributed by atoms with Crippen LogP contribution >= 0.6 is 0 Å². The Morgan fingerprint density at radius 2 is 2.19 bits per heavy atom. The van der Waals surface area contributed by atoms with Crippen molar-refractivity contribution in [3.8, 4) is 5.75 Å². The molecule has 1 aromatic rings. The summed E-state index contributed by atoms with van der Waals surface area (Å²) < 4.78 is 5.55. The molecule has 0 radical (unpaired) electrons. The molecule has 0 saturated heterocycles. The Balaban J connectivity index is 1.90. The maximum Gasteiger partial charge on any atom is 0.303 e. The Labute approximate surface area is 124 Å². The van der Waals surface area contributed by atoms with E-state index in [1.54, 1.807) is 0 Å². The van der Waals surface area contributed by atoms with Gasteiger partial charge in [0.1, 0.15) is 5.75 Å². The minimum absolute atomic E-state index is 0.00595. The normalized spacial score (nSPS) is 18.2. The molecular formula is C16H21NO4. The molecule has 2 rings (SSSR count). The number of fused-ring (bicyclic) bond motifs is 1. The Kier molecular flexibility index (Phi) is 5.20. The Morgan fingerprint density at radius 3 is 2.95 bits per heavy atom. The molecule has 0 aliphatic carbocycles. The van der Waals surface area contributed by atoms with Gasteiger partial charge in [-0.3, -0.25) is 9.59 Å². The van der Waals surface area contributed by atoms with Crippen molar-refractivity contribution < 1.29 is 19.4 Å². The number of aliphatic carboxylic acids is 1. The van der Waals surface area contributed by atoms with Crippen LogP contribution in [0.3, 0.4) is 0 Å². The zero-order valence-electron chi connectivity index (χ0n) is 12.2. The summed E-state index contributed by atoms with van der Waals surface area (Å²) in [6.07, 6.45) is 2.05. The molecule has 5 nitrogen and oxygen atoms in total. The summed E-state index contributed by atoms with van der Waals surface area (Å²) in [5, 5.41) is 11.6. The van der Waals surface area contributed by atoms with E-state index in [1.807, 2.05) is 31.2 Å². The van der Waals surface area contributed by atoms with Gasteiger partial charge in [-0.05, 0) is 32.3 Å². The van der Waals surface area contributed by atoms with Gasteiger partial charge in [-0.25, -0.2) is 0 Å². The number of ether oxygens (including phenoxy) is 1. The topological polar surface area (TPSA) is 75.6 Å². The Morgan fingerprint density at radius 1 is 1.43 bits per heavy atom. The Hall–Kier alpha value is -2.04. The van der Waals surface area contributed by atoms with Crippen molar-refractivity contribution in [3.05, 3.63) is 29.8 Å². The number of nitrogens with one attached hydrogen (secondary N) is 1. The third-order valence-corrected chi connectivity index (χ3v) is 3.69. The number of carbonyl (C=O) groups excluding carboxylic acids is 1. The number of rotatable bonds is 6. The number of para-hydroxylation sites is 1. The van der Waals surface area contributed by atoms with Gasteiger partial charge in [0.15, 0.2) is 0 Å². The summed E-state index contributed by atoms with van der Waals surface area (Å²) in [5.41, 5.74) is 0.930. The van der Waals surface area contributed by atoms with E-state index in [9.17, 15) is 9.59 Å². The zero-order chi connectivity index (χ0) is 15.2. The van der Waals surface area contributed by atoms with Crippen LogP contribution < -0.4 is 10.1 Å². The van der Waals surface area contributed by atoms with Crippen LogP contribution in [0.25, 0.3) is 0 Å². The Bertz CT molecular complexity index is 515.